The quantitative estimate of drug-likeness (QED) is 0.681. The van der Waals surface area contributed by atoms with Gasteiger partial charge >= 0.3 is 5.97 Å². The first-order valence-electron chi connectivity index (χ1n) is 6.59. The molecule has 0 fully saturated rings. The molecule has 6 heteroatoms. The Hall–Kier alpha value is -1.40. The van der Waals surface area contributed by atoms with Gasteiger partial charge in [0.15, 0.2) is 5.17 Å². The second-order valence-electron chi connectivity index (χ2n) is 4.25. The van der Waals surface area contributed by atoms with Gasteiger partial charge in [0.25, 0.3) is 0 Å². The predicted molar refractivity (Wildman–Crippen MR) is 89.8 cm³/mol. The van der Waals surface area contributed by atoms with Crippen molar-refractivity contribution in [3.63, 3.8) is 0 Å². The Morgan fingerprint density at radius 3 is 2.76 bits per heavy atom. The van der Waals surface area contributed by atoms with Crippen LogP contribution in [-0.2, 0) is 9.53 Å². The lowest BCUT2D eigenvalue weighted by molar-refractivity contribution is -0.138. The van der Waals surface area contributed by atoms with Gasteiger partial charge in [0, 0.05) is 11.1 Å². The van der Waals surface area contributed by atoms with Gasteiger partial charge in [0.1, 0.15) is 6.04 Å². The average molecular weight is 322 g/mol. The van der Waals surface area contributed by atoms with E-state index in [9.17, 15) is 4.79 Å². The van der Waals surface area contributed by atoms with Crippen molar-refractivity contribution in [3.05, 3.63) is 41.6 Å². The number of amidine groups is 1. The zero-order valence-electron chi connectivity index (χ0n) is 12.3. The minimum Gasteiger partial charge on any atom is -0.463 e. The molecule has 21 heavy (non-hydrogen) atoms. The molecule has 1 aliphatic rings. The number of esters is 1. The van der Waals surface area contributed by atoms with Gasteiger partial charge in [-0.05, 0) is 31.1 Å². The molecular weight excluding hydrogens is 304 g/mol. The maximum Gasteiger partial charge on any atom is 0.338 e. The van der Waals surface area contributed by atoms with Crippen molar-refractivity contribution < 1.29 is 9.53 Å². The molecule has 1 aromatic carbocycles. The zero-order chi connectivity index (χ0) is 15.2. The fourth-order valence-electron chi connectivity index (χ4n) is 2.07. The Balaban J connectivity index is 2.43. The van der Waals surface area contributed by atoms with Crippen LogP contribution in [0.4, 0.5) is 0 Å². The van der Waals surface area contributed by atoms with Crippen LogP contribution in [0.3, 0.4) is 0 Å². The number of carbonyl (C=O) groups is 1. The van der Waals surface area contributed by atoms with Gasteiger partial charge in [0.05, 0.1) is 12.2 Å². The molecule has 0 radical (unpaired) electrons. The van der Waals surface area contributed by atoms with Gasteiger partial charge in [-0.1, -0.05) is 30.0 Å². The standard InChI is InChI=1S/C15H18N2O2S2/c1-4-19-14(18)11-9-16-15(21-3)17-13(11)10-7-5-6-8-12(10)20-2/h5-9,13H,4H2,1-3H3,(H,16,17)/t13-/m1/s1. The maximum atomic E-state index is 12.2. The van der Waals surface area contributed by atoms with Crippen molar-refractivity contribution in [2.75, 3.05) is 19.1 Å². The van der Waals surface area contributed by atoms with Crippen LogP contribution in [0.25, 0.3) is 0 Å². The summed E-state index contributed by atoms with van der Waals surface area (Å²) in [7, 11) is 0. The first-order chi connectivity index (χ1) is 10.2. The number of carbonyl (C=O) groups excluding carboxylic acids is 1. The normalized spacial score (nSPS) is 17.6. The molecule has 1 atom stereocenters. The van der Waals surface area contributed by atoms with Gasteiger partial charge < -0.3 is 10.1 Å². The molecular formula is C15H18N2O2S2. The van der Waals surface area contributed by atoms with E-state index >= 15 is 0 Å². The van der Waals surface area contributed by atoms with Crippen LogP contribution < -0.4 is 5.32 Å². The Morgan fingerprint density at radius 1 is 1.33 bits per heavy atom. The molecule has 0 bridgehead atoms. The summed E-state index contributed by atoms with van der Waals surface area (Å²) in [6.45, 7) is 2.16. The van der Waals surface area contributed by atoms with Crippen LogP contribution in [0.2, 0.25) is 0 Å². The number of nitrogens with one attached hydrogen (secondary N) is 1. The van der Waals surface area contributed by atoms with E-state index in [0.717, 1.165) is 15.6 Å². The third kappa shape index (κ3) is 3.63. The largest absolute Gasteiger partial charge is 0.463 e. The SMILES string of the molecule is CCOC(=O)C1=CNC(SC)=N[C@@H]1c1ccccc1SC. The molecule has 0 spiro atoms. The second kappa shape index (κ2) is 7.56. The highest BCUT2D eigenvalue weighted by Gasteiger charge is 2.28. The van der Waals surface area contributed by atoms with Crippen molar-refractivity contribution in [2.24, 2.45) is 4.99 Å². The summed E-state index contributed by atoms with van der Waals surface area (Å²) in [5, 5.41) is 3.83. The third-order valence-corrected chi connectivity index (χ3v) is 4.45. The van der Waals surface area contributed by atoms with Crippen LogP contribution in [0.15, 0.2) is 45.9 Å². The number of hydrogen-bond acceptors (Lipinski definition) is 6. The van der Waals surface area contributed by atoms with E-state index in [0.29, 0.717) is 12.2 Å². The Kier molecular flexibility index (Phi) is 5.76. The monoisotopic (exact) mass is 322 g/mol. The molecule has 4 nitrogen and oxygen atoms in total. The first kappa shape index (κ1) is 16.0. The van der Waals surface area contributed by atoms with E-state index in [1.165, 1.54) is 11.8 Å². The summed E-state index contributed by atoms with van der Waals surface area (Å²) in [5.41, 5.74) is 1.56. The molecule has 0 saturated heterocycles. The highest BCUT2D eigenvalue weighted by atomic mass is 32.2. The summed E-state index contributed by atoms with van der Waals surface area (Å²) in [6.07, 6.45) is 5.68. The van der Waals surface area contributed by atoms with Gasteiger partial charge in [-0.15, -0.1) is 11.8 Å². The fraction of sp³-hybridized carbons (Fsp3) is 0.333. The van der Waals surface area contributed by atoms with Crippen LogP contribution in [0.5, 0.6) is 0 Å². The van der Waals surface area contributed by atoms with E-state index in [2.05, 4.69) is 10.3 Å². The fourth-order valence-corrected chi connectivity index (χ4v) is 3.09. The van der Waals surface area contributed by atoms with Crippen LogP contribution >= 0.6 is 23.5 Å². The van der Waals surface area contributed by atoms with Crippen LogP contribution in [0, 0.1) is 0 Å². The van der Waals surface area contributed by atoms with Gasteiger partial charge in [-0.3, -0.25) is 0 Å². The number of nitrogens with zero attached hydrogens (tertiary/aromatic N) is 1. The minimum atomic E-state index is -0.324. The molecule has 0 unspecified atom stereocenters. The molecule has 1 aliphatic heterocycles. The summed E-state index contributed by atoms with van der Waals surface area (Å²) in [5.74, 6) is -0.324. The van der Waals surface area contributed by atoms with Crippen molar-refractivity contribution in [1.82, 2.24) is 5.32 Å². The van der Waals surface area contributed by atoms with Crippen LogP contribution in [0.1, 0.15) is 18.5 Å². The number of thioether (sulfide) groups is 2. The van der Waals surface area contributed by atoms with Gasteiger partial charge in [0.2, 0.25) is 0 Å². The van der Waals surface area contributed by atoms with Gasteiger partial charge in [-0.2, -0.15) is 0 Å². The number of aliphatic imine (C=N–C) groups is 1. The smallest absolute Gasteiger partial charge is 0.338 e. The van der Waals surface area contributed by atoms with E-state index in [-0.39, 0.29) is 12.0 Å². The number of ether oxygens (including phenoxy) is 1. The molecule has 112 valence electrons. The van der Waals surface area contributed by atoms with Crippen molar-refractivity contribution in [1.29, 1.82) is 0 Å². The van der Waals surface area contributed by atoms with E-state index in [1.807, 2.05) is 36.8 Å². The molecule has 2 rings (SSSR count). The van der Waals surface area contributed by atoms with Gasteiger partial charge in [-0.25, -0.2) is 9.79 Å². The molecule has 0 amide bonds. The number of rotatable bonds is 4. The van der Waals surface area contributed by atoms with Crippen LogP contribution in [-0.4, -0.2) is 30.3 Å². The molecule has 1 N–H and O–H groups in total. The highest BCUT2D eigenvalue weighted by Crippen LogP contribution is 2.35. The number of hydrogen-bond donors (Lipinski definition) is 1. The molecule has 0 aliphatic carbocycles. The summed E-state index contributed by atoms with van der Waals surface area (Å²) < 4.78 is 5.15. The molecule has 1 heterocycles. The minimum absolute atomic E-state index is 0.323. The molecule has 0 aromatic heterocycles. The topological polar surface area (TPSA) is 50.7 Å². The summed E-state index contributed by atoms with van der Waals surface area (Å²) >= 11 is 3.17. The van der Waals surface area contributed by atoms with Crippen molar-refractivity contribution in [2.45, 2.75) is 17.9 Å². The summed E-state index contributed by atoms with van der Waals surface area (Å²) in [4.78, 5) is 17.9. The zero-order valence-corrected chi connectivity index (χ0v) is 13.9. The summed E-state index contributed by atoms with van der Waals surface area (Å²) in [6, 6.07) is 7.68. The Bertz CT molecular complexity index is 585. The van der Waals surface area contributed by atoms with E-state index in [4.69, 9.17) is 4.74 Å². The van der Waals surface area contributed by atoms with Crippen molar-refractivity contribution >= 4 is 34.7 Å². The Labute approximate surface area is 133 Å². The predicted octanol–water partition coefficient (Wildman–Crippen LogP) is 3.22. The first-order valence-corrected chi connectivity index (χ1v) is 9.04. The maximum absolute atomic E-state index is 12.2. The lowest BCUT2D eigenvalue weighted by Gasteiger charge is -2.23. The molecule has 0 saturated carbocycles. The van der Waals surface area contributed by atoms with E-state index < -0.39 is 0 Å². The lowest BCUT2D eigenvalue weighted by atomic mass is 9.99. The van der Waals surface area contributed by atoms with E-state index in [1.54, 1.807) is 24.9 Å². The average Bonchev–Trinajstić information content (AvgIpc) is 2.54. The Morgan fingerprint density at radius 2 is 2.10 bits per heavy atom. The second-order valence-corrected chi connectivity index (χ2v) is 5.89. The number of benzene rings is 1. The third-order valence-electron chi connectivity index (χ3n) is 3.03. The highest BCUT2D eigenvalue weighted by molar-refractivity contribution is 8.13. The van der Waals surface area contributed by atoms with Crippen molar-refractivity contribution in [3.8, 4) is 0 Å². The molecule has 1 aromatic rings. The lowest BCUT2D eigenvalue weighted by Crippen LogP contribution is -2.26.